The van der Waals surface area contributed by atoms with Gasteiger partial charge < -0.3 is 5.73 Å². The number of hydrogen-bond donors (Lipinski definition) is 1. The maximum absolute atomic E-state index is 5.58. The number of nitrogens with two attached hydrogens (primary N) is 1. The van der Waals surface area contributed by atoms with E-state index in [1.165, 1.54) is 0 Å². The van der Waals surface area contributed by atoms with Crippen molar-refractivity contribution in [2.45, 2.75) is 13.5 Å². The zero-order valence-corrected chi connectivity index (χ0v) is 9.97. The largest absolute Gasteiger partial charge is 0.382 e. The summed E-state index contributed by atoms with van der Waals surface area (Å²) in [4.78, 5) is 4.23. The molecule has 0 fully saturated rings. The summed E-state index contributed by atoms with van der Waals surface area (Å²) in [6, 6.07) is 1.85. The molecular formula is C8H9BrN4S. The molecule has 0 atom stereocenters. The molecule has 2 heterocycles. The van der Waals surface area contributed by atoms with Crippen LogP contribution in [0.3, 0.4) is 0 Å². The van der Waals surface area contributed by atoms with Gasteiger partial charge in [-0.1, -0.05) is 0 Å². The molecule has 2 N–H and O–H groups in total. The number of aromatic nitrogens is 3. The van der Waals surface area contributed by atoms with Crippen molar-refractivity contribution in [1.29, 1.82) is 0 Å². The molecule has 0 aliphatic heterocycles. The molecule has 0 saturated carbocycles. The van der Waals surface area contributed by atoms with Gasteiger partial charge in [-0.15, -0.1) is 11.3 Å². The highest BCUT2D eigenvalue weighted by Gasteiger charge is 2.05. The topological polar surface area (TPSA) is 56.7 Å². The number of anilines is 1. The number of aryl methyl sites for hydroxylation is 1. The van der Waals surface area contributed by atoms with E-state index < -0.39 is 0 Å². The molecule has 0 aliphatic rings. The minimum Gasteiger partial charge on any atom is -0.382 e. The van der Waals surface area contributed by atoms with Gasteiger partial charge in [-0.25, -0.2) is 4.98 Å². The summed E-state index contributed by atoms with van der Waals surface area (Å²) in [5, 5.41) is 5.18. The van der Waals surface area contributed by atoms with Crippen molar-refractivity contribution >= 4 is 33.1 Å². The quantitative estimate of drug-likeness (QED) is 0.911. The Labute approximate surface area is 93.9 Å². The Morgan fingerprint density at radius 3 is 2.93 bits per heavy atom. The van der Waals surface area contributed by atoms with Crippen LogP contribution in [0.15, 0.2) is 16.0 Å². The van der Waals surface area contributed by atoms with Crippen molar-refractivity contribution in [3.8, 4) is 0 Å². The lowest BCUT2D eigenvalue weighted by Crippen LogP contribution is -2.03. The molecule has 6 heteroatoms. The Morgan fingerprint density at radius 2 is 2.43 bits per heavy atom. The van der Waals surface area contributed by atoms with Gasteiger partial charge >= 0.3 is 0 Å². The summed E-state index contributed by atoms with van der Waals surface area (Å²) >= 11 is 4.98. The number of hydrogen-bond acceptors (Lipinski definition) is 4. The third-order valence-corrected chi connectivity index (χ3v) is 3.27. The van der Waals surface area contributed by atoms with Crippen molar-refractivity contribution in [1.82, 2.24) is 14.8 Å². The van der Waals surface area contributed by atoms with E-state index in [0.29, 0.717) is 12.4 Å². The van der Waals surface area contributed by atoms with Crippen LogP contribution in [-0.4, -0.2) is 14.8 Å². The third-order valence-electron chi connectivity index (χ3n) is 1.81. The highest BCUT2D eigenvalue weighted by molar-refractivity contribution is 9.11. The van der Waals surface area contributed by atoms with E-state index in [0.717, 1.165) is 14.5 Å². The average Bonchev–Trinajstić information content (AvgIpc) is 2.61. The Kier molecular flexibility index (Phi) is 2.56. The summed E-state index contributed by atoms with van der Waals surface area (Å²) in [6.45, 7) is 2.66. The molecule has 4 nitrogen and oxygen atoms in total. The SMILES string of the molecule is Cc1cc(N)nn1Cc1ncc(Br)s1. The number of nitrogens with zero attached hydrogens (tertiary/aromatic N) is 3. The summed E-state index contributed by atoms with van der Waals surface area (Å²) in [5.41, 5.74) is 6.63. The van der Waals surface area contributed by atoms with Crippen LogP contribution in [0.2, 0.25) is 0 Å². The molecule has 0 unspecified atom stereocenters. The number of nitrogen functional groups attached to an aromatic ring is 1. The van der Waals surface area contributed by atoms with E-state index in [-0.39, 0.29) is 0 Å². The van der Waals surface area contributed by atoms with E-state index in [9.17, 15) is 0 Å². The zero-order chi connectivity index (χ0) is 10.1. The standard InChI is InChI=1S/C8H9BrN4S/c1-5-2-7(10)12-13(5)4-8-11-3-6(9)14-8/h2-3H,4H2,1H3,(H2,10,12). The Bertz CT molecular complexity index is 448. The van der Waals surface area contributed by atoms with Crippen molar-refractivity contribution in [2.75, 3.05) is 5.73 Å². The summed E-state index contributed by atoms with van der Waals surface area (Å²) in [5.74, 6) is 0.554. The van der Waals surface area contributed by atoms with Crippen LogP contribution in [0.25, 0.3) is 0 Å². The van der Waals surface area contributed by atoms with Gasteiger partial charge in [0.1, 0.15) is 10.8 Å². The molecule has 0 radical (unpaired) electrons. The molecule has 0 aliphatic carbocycles. The normalized spacial score (nSPS) is 10.7. The molecule has 0 amide bonds. The molecule has 2 aromatic rings. The van der Waals surface area contributed by atoms with Crippen LogP contribution >= 0.6 is 27.3 Å². The van der Waals surface area contributed by atoms with Gasteiger partial charge in [0.2, 0.25) is 0 Å². The highest BCUT2D eigenvalue weighted by atomic mass is 79.9. The number of halogens is 1. The fraction of sp³-hybridized carbons (Fsp3) is 0.250. The molecule has 0 saturated heterocycles. The molecule has 74 valence electrons. The van der Waals surface area contributed by atoms with Crippen LogP contribution < -0.4 is 5.73 Å². The van der Waals surface area contributed by atoms with Gasteiger partial charge in [0.15, 0.2) is 0 Å². The van der Waals surface area contributed by atoms with E-state index in [4.69, 9.17) is 5.73 Å². The molecule has 0 spiro atoms. The number of rotatable bonds is 2. The van der Waals surface area contributed by atoms with Crippen molar-refractivity contribution in [3.05, 3.63) is 26.8 Å². The Morgan fingerprint density at radius 1 is 1.64 bits per heavy atom. The van der Waals surface area contributed by atoms with E-state index in [1.807, 2.05) is 17.7 Å². The van der Waals surface area contributed by atoms with Gasteiger partial charge in [0, 0.05) is 11.8 Å². The second-order valence-electron chi connectivity index (χ2n) is 2.93. The third kappa shape index (κ3) is 1.96. The molecule has 2 aromatic heterocycles. The van der Waals surface area contributed by atoms with E-state index in [2.05, 4.69) is 26.0 Å². The van der Waals surface area contributed by atoms with Gasteiger partial charge in [0.25, 0.3) is 0 Å². The Hall–Kier alpha value is -0.880. The van der Waals surface area contributed by atoms with E-state index in [1.54, 1.807) is 17.5 Å². The highest BCUT2D eigenvalue weighted by Crippen LogP contribution is 2.20. The molecular weight excluding hydrogens is 264 g/mol. The van der Waals surface area contributed by atoms with Gasteiger partial charge in [-0.3, -0.25) is 4.68 Å². The number of thiazole rings is 1. The smallest absolute Gasteiger partial charge is 0.145 e. The average molecular weight is 273 g/mol. The Balaban J connectivity index is 2.22. The minimum atomic E-state index is 0.554. The van der Waals surface area contributed by atoms with Crippen molar-refractivity contribution in [2.24, 2.45) is 0 Å². The maximum Gasteiger partial charge on any atom is 0.145 e. The first-order valence-electron chi connectivity index (χ1n) is 4.05. The predicted molar refractivity (Wildman–Crippen MR) is 60.3 cm³/mol. The van der Waals surface area contributed by atoms with Gasteiger partial charge in [-0.2, -0.15) is 5.10 Å². The fourth-order valence-electron chi connectivity index (χ4n) is 1.18. The van der Waals surface area contributed by atoms with Crippen LogP contribution in [0, 0.1) is 6.92 Å². The first-order chi connectivity index (χ1) is 6.65. The summed E-state index contributed by atoms with van der Waals surface area (Å²) in [7, 11) is 0. The van der Waals surface area contributed by atoms with Gasteiger partial charge in [-0.05, 0) is 22.9 Å². The van der Waals surface area contributed by atoms with Gasteiger partial charge in [0.05, 0.1) is 16.5 Å². The van der Waals surface area contributed by atoms with Crippen LogP contribution in [0.4, 0.5) is 5.82 Å². The lowest BCUT2D eigenvalue weighted by molar-refractivity contribution is 0.665. The molecule has 0 bridgehead atoms. The second kappa shape index (κ2) is 3.70. The monoisotopic (exact) mass is 272 g/mol. The van der Waals surface area contributed by atoms with Crippen LogP contribution in [0.5, 0.6) is 0 Å². The summed E-state index contributed by atoms with van der Waals surface area (Å²) in [6.07, 6.45) is 1.79. The lowest BCUT2D eigenvalue weighted by Gasteiger charge is -1.99. The van der Waals surface area contributed by atoms with E-state index >= 15 is 0 Å². The molecule has 0 aromatic carbocycles. The second-order valence-corrected chi connectivity index (χ2v) is 5.42. The first-order valence-corrected chi connectivity index (χ1v) is 5.66. The van der Waals surface area contributed by atoms with Crippen molar-refractivity contribution < 1.29 is 0 Å². The van der Waals surface area contributed by atoms with Crippen LogP contribution in [0.1, 0.15) is 10.7 Å². The lowest BCUT2D eigenvalue weighted by atomic mass is 10.4. The van der Waals surface area contributed by atoms with Crippen LogP contribution in [-0.2, 0) is 6.54 Å². The predicted octanol–water partition coefficient (Wildman–Crippen LogP) is 2.04. The summed E-state index contributed by atoms with van der Waals surface area (Å²) < 4.78 is 2.88. The molecule has 2 rings (SSSR count). The minimum absolute atomic E-state index is 0.554. The van der Waals surface area contributed by atoms with Crippen molar-refractivity contribution in [3.63, 3.8) is 0 Å². The molecule has 14 heavy (non-hydrogen) atoms. The fourth-order valence-corrected chi connectivity index (χ4v) is 2.47. The first kappa shape index (κ1) is 9.67. The maximum atomic E-state index is 5.58. The zero-order valence-electron chi connectivity index (χ0n) is 7.57.